The summed E-state index contributed by atoms with van der Waals surface area (Å²) in [6, 6.07) is 1.04. The van der Waals surface area contributed by atoms with Crippen LogP contribution in [0, 0.1) is 0 Å². The minimum Gasteiger partial charge on any atom is -0.367 e. The van der Waals surface area contributed by atoms with Crippen LogP contribution >= 0.6 is 15.9 Å². The van der Waals surface area contributed by atoms with Gasteiger partial charge in [-0.05, 0) is 49.0 Å². The highest BCUT2D eigenvalue weighted by molar-refractivity contribution is 9.10. The molecule has 2 unspecified atom stereocenters. The molecule has 1 N–H and O–H groups in total. The van der Waals surface area contributed by atoms with Crippen molar-refractivity contribution in [1.29, 1.82) is 0 Å². The Morgan fingerprint density at radius 3 is 2.53 bits per heavy atom. The summed E-state index contributed by atoms with van der Waals surface area (Å²) in [5.41, 5.74) is 1.30. The van der Waals surface area contributed by atoms with Gasteiger partial charge in [-0.1, -0.05) is 25.7 Å². The van der Waals surface area contributed by atoms with Crippen molar-refractivity contribution in [2.75, 3.05) is 5.32 Å². The first-order chi connectivity index (χ1) is 9.16. The van der Waals surface area contributed by atoms with E-state index in [1.165, 1.54) is 54.5 Å². The molecular weight excluding hydrogens is 302 g/mol. The van der Waals surface area contributed by atoms with Crippen LogP contribution in [0.5, 0.6) is 0 Å². The highest BCUT2D eigenvalue weighted by Gasteiger charge is 2.29. The molecule has 2 aliphatic rings. The van der Waals surface area contributed by atoms with E-state index in [0.29, 0.717) is 18.0 Å². The predicted octanol–water partition coefficient (Wildman–Crippen LogP) is 4.85. The molecule has 1 aliphatic carbocycles. The van der Waals surface area contributed by atoms with Gasteiger partial charge in [-0.2, -0.15) is 5.10 Å². The molecule has 106 valence electrons. The van der Waals surface area contributed by atoms with Gasteiger partial charge in [0.15, 0.2) is 0 Å². The fourth-order valence-electron chi connectivity index (χ4n) is 3.60. The van der Waals surface area contributed by atoms with Crippen molar-refractivity contribution in [1.82, 2.24) is 9.78 Å². The number of nitrogens with zero attached hydrogens (tertiary/aromatic N) is 2. The van der Waals surface area contributed by atoms with Crippen molar-refractivity contribution >= 4 is 21.7 Å². The fourth-order valence-corrected chi connectivity index (χ4v) is 4.30. The van der Waals surface area contributed by atoms with E-state index < -0.39 is 0 Å². The maximum atomic E-state index is 4.94. The second-order valence-electron chi connectivity index (χ2n) is 6.31. The number of hydrogen-bond donors (Lipinski definition) is 1. The first kappa shape index (κ1) is 13.5. The Morgan fingerprint density at radius 2 is 1.84 bits per heavy atom. The normalized spacial score (nSPS) is 28.6. The summed E-state index contributed by atoms with van der Waals surface area (Å²) in [5, 5.41) is 8.53. The van der Waals surface area contributed by atoms with Gasteiger partial charge in [-0.25, -0.2) is 4.68 Å². The largest absolute Gasteiger partial charge is 0.367 e. The minimum absolute atomic E-state index is 0.502. The number of rotatable bonds is 1. The summed E-state index contributed by atoms with van der Waals surface area (Å²) in [6.07, 6.45) is 9.28. The lowest BCUT2D eigenvalue weighted by Crippen LogP contribution is -2.28. The Morgan fingerprint density at radius 1 is 1.16 bits per heavy atom. The molecule has 2 atom stereocenters. The Labute approximate surface area is 124 Å². The molecule has 1 saturated carbocycles. The third kappa shape index (κ3) is 2.56. The molecule has 0 aromatic carbocycles. The molecule has 1 aliphatic heterocycles. The van der Waals surface area contributed by atoms with Gasteiger partial charge in [0.1, 0.15) is 5.82 Å². The van der Waals surface area contributed by atoms with Crippen LogP contribution in [-0.2, 0) is 0 Å². The molecule has 0 bridgehead atoms. The number of hydrogen-bond acceptors (Lipinski definition) is 2. The van der Waals surface area contributed by atoms with Crippen molar-refractivity contribution in [2.24, 2.45) is 0 Å². The van der Waals surface area contributed by atoms with Crippen LogP contribution in [0.1, 0.15) is 76.4 Å². The van der Waals surface area contributed by atoms with Gasteiger partial charge >= 0.3 is 0 Å². The molecule has 0 radical (unpaired) electrons. The monoisotopic (exact) mass is 325 g/mol. The summed E-state index contributed by atoms with van der Waals surface area (Å²) in [4.78, 5) is 0. The summed E-state index contributed by atoms with van der Waals surface area (Å²) in [7, 11) is 0. The Hall–Kier alpha value is -0.510. The van der Waals surface area contributed by atoms with Crippen molar-refractivity contribution in [2.45, 2.75) is 76.8 Å². The van der Waals surface area contributed by atoms with E-state index in [-0.39, 0.29) is 0 Å². The standard InChI is InChI=1S/C15H24BrN3/c1-10-9-11(2)19-15(17-10)13(16)14(18-19)12-7-5-3-4-6-8-12/h10-12,17H,3-9H2,1-2H3. The molecule has 3 nitrogen and oxygen atoms in total. The summed E-state index contributed by atoms with van der Waals surface area (Å²) in [5.74, 6) is 1.85. The van der Waals surface area contributed by atoms with Crippen molar-refractivity contribution < 1.29 is 0 Å². The zero-order valence-electron chi connectivity index (χ0n) is 12.0. The van der Waals surface area contributed by atoms with Crippen LogP contribution in [0.2, 0.25) is 0 Å². The summed E-state index contributed by atoms with van der Waals surface area (Å²) >= 11 is 3.81. The van der Waals surface area contributed by atoms with Crippen LogP contribution in [0.15, 0.2) is 4.47 Å². The smallest absolute Gasteiger partial charge is 0.139 e. The molecule has 2 heterocycles. The number of fused-ring (bicyclic) bond motifs is 1. The molecular formula is C15H24BrN3. The molecule has 1 aromatic heterocycles. The lowest BCUT2D eigenvalue weighted by molar-refractivity contribution is 0.407. The molecule has 1 aromatic rings. The van der Waals surface area contributed by atoms with Gasteiger partial charge in [-0.3, -0.25) is 0 Å². The van der Waals surface area contributed by atoms with Gasteiger partial charge in [0.25, 0.3) is 0 Å². The van der Waals surface area contributed by atoms with Crippen LogP contribution < -0.4 is 5.32 Å². The Bertz CT molecular complexity index is 446. The fraction of sp³-hybridized carbons (Fsp3) is 0.800. The average Bonchev–Trinajstić information content (AvgIpc) is 2.58. The number of anilines is 1. The van der Waals surface area contributed by atoms with Crippen molar-refractivity contribution in [3.8, 4) is 0 Å². The lowest BCUT2D eigenvalue weighted by Gasteiger charge is -2.28. The van der Waals surface area contributed by atoms with E-state index in [0.717, 1.165) is 6.42 Å². The van der Waals surface area contributed by atoms with Crippen molar-refractivity contribution in [3.63, 3.8) is 0 Å². The molecule has 0 amide bonds. The molecule has 3 rings (SSSR count). The van der Waals surface area contributed by atoms with E-state index in [2.05, 4.69) is 39.8 Å². The zero-order chi connectivity index (χ0) is 13.4. The average molecular weight is 326 g/mol. The Balaban J connectivity index is 1.92. The van der Waals surface area contributed by atoms with Gasteiger partial charge in [0, 0.05) is 12.0 Å². The highest BCUT2D eigenvalue weighted by atomic mass is 79.9. The van der Waals surface area contributed by atoms with E-state index >= 15 is 0 Å². The SMILES string of the molecule is CC1CC(C)n2nc(C3CCCCCC3)c(Br)c2N1. The molecule has 19 heavy (non-hydrogen) atoms. The number of nitrogens with one attached hydrogen (secondary N) is 1. The number of halogens is 1. The second-order valence-corrected chi connectivity index (χ2v) is 7.10. The maximum absolute atomic E-state index is 4.94. The van der Waals surface area contributed by atoms with E-state index in [9.17, 15) is 0 Å². The second kappa shape index (κ2) is 5.47. The Kier molecular flexibility index (Phi) is 3.88. The van der Waals surface area contributed by atoms with Crippen LogP contribution in [0.4, 0.5) is 5.82 Å². The van der Waals surface area contributed by atoms with Gasteiger partial charge in [0.2, 0.25) is 0 Å². The van der Waals surface area contributed by atoms with Gasteiger partial charge < -0.3 is 5.32 Å². The zero-order valence-corrected chi connectivity index (χ0v) is 13.5. The van der Waals surface area contributed by atoms with Crippen LogP contribution in [0.3, 0.4) is 0 Å². The summed E-state index contributed by atoms with van der Waals surface area (Å²) in [6.45, 7) is 4.53. The third-order valence-corrected chi connectivity index (χ3v) is 5.40. The van der Waals surface area contributed by atoms with E-state index in [1.807, 2.05) is 0 Å². The highest BCUT2D eigenvalue weighted by Crippen LogP contribution is 2.41. The lowest BCUT2D eigenvalue weighted by atomic mass is 9.97. The van der Waals surface area contributed by atoms with E-state index in [1.54, 1.807) is 0 Å². The van der Waals surface area contributed by atoms with E-state index in [4.69, 9.17) is 5.10 Å². The quantitative estimate of drug-likeness (QED) is 0.748. The molecule has 0 spiro atoms. The van der Waals surface area contributed by atoms with Crippen LogP contribution in [0.25, 0.3) is 0 Å². The maximum Gasteiger partial charge on any atom is 0.139 e. The van der Waals surface area contributed by atoms with Gasteiger partial charge in [0.05, 0.1) is 16.2 Å². The predicted molar refractivity (Wildman–Crippen MR) is 82.8 cm³/mol. The van der Waals surface area contributed by atoms with Crippen LogP contribution in [-0.4, -0.2) is 15.8 Å². The van der Waals surface area contributed by atoms with Gasteiger partial charge in [-0.15, -0.1) is 0 Å². The van der Waals surface area contributed by atoms with Crippen molar-refractivity contribution in [3.05, 3.63) is 10.2 Å². The third-order valence-electron chi connectivity index (χ3n) is 4.61. The number of aromatic nitrogens is 2. The minimum atomic E-state index is 0.502. The first-order valence-electron chi connectivity index (χ1n) is 7.71. The molecule has 0 saturated heterocycles. The summed E-state index contributed by atoms with van der Waals surface area (Å²) < 4.78 is 3.42. The molecule has 4 heteroatoms. The topological polar surface area (TPSA) is 29.9 Å². The first-order valence-corrected chi connectivity index (χ1v) is 8.50. The molecule has 1 fully saturated rings.